The fraction of sp³-hybridized carbons (Fsp3) is 0. The molecule has 0 bridgehead atoms. The van der Waals surface area contributed by atoms with E-state index in [4.69, 9.17) is 21.6 Å². The van der Waals surface area contributed by atoms with Gasteiger partial charge in [-0.25, -0.2) is 4.79 Å². The molecule has 4 heteroatoms. The van der Waals surface area contributed by atoms with Crippen molar-refractivity contribution in [1.29, 1.82) is 5.26 Å². The first-order valence-corrected chi connectivity index (χ1v) is 4.09. The number of carbonyl (C=O) groups excluding carboxylic acids is 1. The lowest BCUT2D eigenvalue weighted by Gasteiger charge is -2.04. The van der Waals surface area contributed by atoms with Gasteiger partial charge in [-0.3, -0.25) is 0 Å². The maximum absolute atomic E-state index is 10.9. The zero-order chi connectivity index (χ0) is 10.6. The van der Waals surface area contributed by atoms with E-state index in [1.54, 1.807) is 6.07 Å². The highest BCUT2D eigenvalue weighted by Crippen LogP contribution is 2.28. The van der Waals surface area contributed by atoms with Crippen molar-refractivity contribution >= 4 is 17.6 Å². The van der Waals surface area contributed by atoms with Crippen molar-refractivity contribution in [2.24, 2.45) is 0 Å². The monoisotopic (exact) mass is 207 g/mol. The van der Waals surface area contributed by atoms with Gasteiger partial charge in [-0.05, 0) is 12.1 Å². The van der Waals surface area contributed by atoms with E-state index < -0.39 is 5.97 Å². The molecule has 0 atom stereocenters. The third-order valence-corrected chi connectivity index (χ3v) is 1.75. The number of ether oxygens (including phenoxy) is 1. The Kier molecular flexibility index (Phi) is 3.27. The first-order valence-electron chi connectivity index (χ1n) is 3.72. The second kappa shape index (κ2) is 4.45. The van der Waals surface area contributed by atoms with Gasteiger partial charge in [0.1, 0.15) is 6.07 Å². The zero-order valence-electron chi connectivity index (χ0n) is 7.16. The average molecular weight is 208 g/mol. The van der Waals surface area contributed by atoms with Gasteiger partial charge < -0.3 is 4.74 Å². The molecule has 70 valence electrons. The van der Waals surface area contributed by atoms with Crippen LogP contribution in [0.5, 0.6) is 5.75 Å². The number of hydrogen-bond acceptors (Lipinski definition) is 3. The van der Waals surface area contributed by atoms with E-state index in [0.29, 0.717) is 0 Å². The van der Waals surface area contributed by atoms with Crippen LogP contribution in [0, 0.1) is 11.3 Å². The number of benzene rings is 1. The van der Waals surface area contributed by atoms with Crippen LogP contribution in [0.1, 0.15) is 5.56 Å². The Hall–Kier alpha value is -1.79. The molecule has 0 fully saturated rings. The summed E-state index contributed by atoms with van der Waals surface area (Å²) in [5, 5.41) is 8.92. The lowest BCUT2D eigenvalue weighted by atomic mass is 10.2. The minimum absolute atomic E-state index is 0.0709. The van der Waals surface area contributed by atoms with E-state index in [2.05, 4.69) is 6.58 Å². The Balaban J connectivity index is 3.12. The maximum Gasteiger partial charge on any atom is 0.335 e. The molecule has 0 aromatic heterocycles. The number of nitrogens with zero attached hydrogens (tertiary/aromatic N) is 1. The highest BCUT2D eigenvalue weighted by Gasteiger charge is 2.10. The SMILES string of the molecule is C=CC(=O)Oc1c(Cl)cccc1C#N. The van der Waals surface area contributed by atoms with E-state index in [-0.39, 0.29) is 16.3 Å². The minimum atomic E-state index is -0.644. The number of para-hydroxylation sites is 1. The highest BCUT2D eigenvalue weighted by molar-refractivity contribution is 6.32. The number of halogens is 1. The summed E-state index contributed by atoms with van der Waals surface area (Å²) in [5.41, 5.74) is 0.215. The zero-order valence-corrected chi connectivity index (χ0v) is 7.91. The van der Waals surface area contributed by atoms with Gasteiger partial charge in [0.05, 0.1) is 10.6 Å². The Morgan fingerprint density at radius 2 is 2.36 bits per heavy atom. The molecule has 3 nitrogen and oxygen atoms in total. The molecule has 0 saturated carbocycles. The van der Waals surface area contributed by atoms with Crippen LogP contribution in [0.15, 0.2) is 30.9 Å². The third-order valence-electron chi connectivity index (χ3n) is 1.46. The molecule has 0 aliphatic heterocycles. The van der Waals surface area contributed by atoms with Crippen molar-refractivity contribution in [3.8, 4) is 11.8 Å². The predicted octanol–water partition coefficient (Wildman–Crippen LogP) is 2.30. The molecule has 0 amide bonds. The van der Waals surface area contributed by atoms with Crippen molar-refractivity contribution < 1.29 is 9.53 Å². The molecule has 1 rings (SSSR count). The molecule has 0 N–H and O–H groups in total. The normalized spacial score (nSPS) is 8.86. The van der Waals surface area contributed by atoms with E-state index in [0.717, 1.165) is 6.08 Å². The average Bonchev–Trinajstić information content (AvgIpc) is 2.20. The lowest BCUT2D eigenvalue weighted by molar-refractivity contribution is -0.128. The van der Waals surface area contributed by atoms with E-state index in [1.807, 2.05) is 6.07 Å². The van der Waals surface area contributed by atoms with Gasteiger partial charge in [0.15, 0.2) is 5.75 Å². The van der Waals surface area contributed by atoms with E-state index >= 15 is 0 Å². The summed E-state index contributed by atoms with van der Waals surface area (Å²) in [6, 6.07) is 6.52. The van der Waals surface area contributed by atoms with Crippen LogP contribution in [0.2, 0.25) is 5.02 Å². The Morgan fingerprint density at radius 1 is 1.64 bits per heavy atom. The van der Waals surface area contributed by atoms with Gasteiger partial charge in [-0.15, -0.1) is 0 Å². The number of esters is 1. The number of carbonyl (C=O) groups is 1. The van der Waals surface area contributed by atoms with Gasteiger partial charge in [0.2, 0.25) is 0 Å². The summed E-state index contributed by atoms with van der Waals surface area (Å²) in [7, 11) is 0. The van der Waals surface area contributed by atoms with E-state index in [1.165, 1.54) is 12.1 Å². The van der Waals surface area contributed by atoms with Crippen molar-refractivity contribution in [2.75, 3.05) is 0 Å². The maximum atomic E-state index is 10.9. The van der Waals surface area contributed by atoms with Crippen molar-refractivity contribution in [3.05, 3.63) is 41.4 Å². The van der Waals surface area contributed by atoms with Crippen LogP contribution in [0.25, 0.3) is 0 Å². The third kappa shape index (κ3) is 2.12. The summed E-state index contributed by atoms with van der Waals surface area (Å²) in [4.78, 5) is 10.9. The summed E-state index contributed by atoms with van der Waals surface area (Å²) in [6.07, 6.45) is 1.00. The van der Waals surface area contributed by atoms with Crippen LogP contribution in [0.4, 0.5) is 0 Å². The minimum Gasteiger partial charge on any atom is -0.420 e. The number of nitriles is 1. The molecule has 0 aliphatic rings. The smallest absolute Gasteiger partial charge is 0.335 e. The number of rotatable bonds is 2. The molecule has 0 saturated heterocycles. The molecule has 0 spiro atoms. The van der Waals surface area contributed by atoms with Crippen LogP contribution < -0.4 is 4.74 Å². The van der Waals surface area contributed by atoms with E-state index in [9.17, 15) is 4.79 Å². The largest absolute Gasteiger partial charge is 0.420 e. The molecular weight excluding hydrogens is 202 g/mol. The van der Waals surface area contributed by atoms with Crippen molar-refractivity contribution in [1.82, 2.24) is 0 Å². The topological polar surface area (TPSA) is 50.1 Å². The van der Waals surface area contributed by atoms with Gasteiger partial charge in [0, 0.05) is 6.08 Å². The Morgan fingerprint density at radius 3 is 2.93 bits per heavy atom. The first kappa shape index (κ1) is 10.3. The van der Waals surface area contributed by atoms with Crippen molar-refractivity contribution in [2.45, 2.75) is 0 Å². The first-order chi connectivity index (χ1) is 6.69. The quantitative estimate of drug-likeness (QED) is 0.425. The molecule has 1 aromatic carbocycles. The Bertz CT molecular complexity index is 421. The van der Waals surface area contributed by atoms with Gasteiger partial charge in [0.25, 0.3) is 0 Å². The van der Waals surface area contributed by atoms with Crippen LogP contribution in [0.3, 0.4) is 0 Å². The summed E-state index contributed by atoms with van der Waals surface area (Å²) in [5.74, 6) is -0.573. The second-order valence-corrected chi connectivity index (χ2v) is 2.76. The standard InChI is InChI=1S/C10H6ClNO2/c1-2-9(13)14-10-7(6-12)4-3-5-8(10)11/h2-5H,1H2. The van der Waals surface area contributed by atoms with Gasteiger partial charge in [-0.2, -0.15) is 5.26 Å². The molecule has 0 unspecified atom stereocenters. The fourth-order valence-electron chi connectivity index (χ4n) is 0.843. The predicted molar refractivity (Wildman–Crippen MR) is 52.0 cm³/mol. The second-order valence-electron chi connectivity index (χ2n) is 2.35. The molecule has 0 aliphatic carbocycles. The van der Waals surface area contributed by atoms with Crippen LogP contribution in [-0.4, -0.2) is 5.97 Å². The molecular formula is C10H6ClNO2. The molecule has 14 heavy (non-hydrogen) atoms. The molecule has 1 aromatic rings. The van der Waals surface area contributed by atoms with Gasteiger partial charge in [-0.1, -0.05) is 24.2 Å². The fourth-order valence-corrected chi connectivity index (χ4v) is 1.06. The van der Waals surface area contributed by atoms with Crippen LogP contribution >= 0.6 is 11.6 Å². The summed E-state index contributed by atoms with van der Waals surface area (Å²) < 4.78 is 4.80. The summed E-state index contributed by atoms with van der Waals surface area (Å²) >= 11 is 5.75. The Labute approximate surface area is 86.2 Å². The molecule has 0 heterocycles. The molecule has 0 radical (unpaired) electrons. The lowest BCUT2D eigenvalue weighted by Crippen LogP contribution is -2.04. The summed E-state index contributed by atoms with van der Waals surface area (Å²) in [6.45, 7) is 3.24. The van der Waals surface area contributed by atoms with Gasteiger partial charge >= 0.3 is 5.97 Å². The number of hydrogen-bond donors (Lipinski definition) is 0. The van der Waals surface area contributed by atoms with Crippen LogP contribution in [-0.2, 0) is 4.79 Å². The highest BCUT2D eigenvalue weighted by atomic mass is 35.5. The van der Waals surface area contributed by atoms with Crippen molar-refractivity contribution in [3.63, 3.8) is 0 Å².